The van der Waals surface area contributed by atoms with Crippen LogP contribution in [0, 0.1) is 6.92 Å². The highest BCUT2D eigenvalue weighted by Crippen LogP contribution is 2.20. The fraction of sp³-hybridized carbons (Fsp3) is 0.0800. The smallest absolute Gasteiger partial charge is 0.342 e. The number of aromatic nitrogens is 3. The molecule has 0 unspecified atom stereocenters. The third kappa shape index (κ3) is 5.38. The Morgan fingerprint density at radius 2 is 1.76 bits per heavy atom. The molecule has 0 aliphatic rings. The highest BCUT2D eigenvalue weighted by Gasteiger charge is 2.24. The Morgan fingerprint density at radius 1 is 1.06 bits per heavy atom. The molecule has 0 fully saturated rings. The second-order valence-electron chi connectivity index (χ2n) is 7.37. The molecule has 0 atom stereocenters. The monoisotopic (exact) mass is 472 g/mol. The van der Waals surface area contributed by atoms with Gasteiger partial charge >= 0.3 is 11.1 Å². The molecular formula is C25H22N5O3S+. The number of carbonyl (C=O) groups is 2. The minimum absolute atomic E-state index is 0.0723. The summed E-state index contributed by atoms with van der Waals surface area (Å²) in [5.41, 5.74) is 5.99. The summed E-state index contributed by atoms with van der Waals surface area (Å²) in [5.74, 6) is -0.523. The summed E-state index contributed by atoms with van der Waals surface area (Å²) in [6.07, 6.45) is 1.32. The van der Waals surface area contributed by atoms with Crippen molar-refractivity contribution in [3.8, 4) is 17.1 Å². The Bertz CT molecular complexity index is 1330. The summed E-state index contributed by atoms with van der Waals surface area (Å²) in [6.45, 7) is 2.03. The fourth-order valence-corrected chi connectivity index (χ4v) is 4.02. The number of carboxylic acids is 1. The van der Waals surface area contributed by atoms with Gasteiger partial charge in [0.15, 0.2) is 0 Å². The normalized spacial score (nSPS) is 11.0. The number of hydrazone groups is 1. The zero-order valence-corrected chi connectivity index (χ0v) is 19.1. The first-order chi connectivity index (χ1) is 16.5. The third-order valence-corrected chi connectivity index (χ3v) is 5.87. The zero-order valence-electron chi connectivity index (χ0n) is 18.3. The highest BCUT2D eigenvalue weighted by molar-refractivity contribution is 7.99. The lowest BCUT2D eigenvalue weighted by Crippen LogP contribution is -2.34. The fourth-order valence-electron chi connectivity index (χ4n) is 3.26. The number of H-pyrrole nitrogens is 1. The Kier molecular flexibility index (Phi) is 7.14. The molecule has 0 radical (unpaired) electrons. The summed E-state index contributed by atoms with van der Waals surface area (Å²) in [6, 6.07) is 24.3. The first-order valence-electron chi connectivity index (χ1n) is 10.4. The molecule has 8 nitrogen and oxygen atoms in total. The molecule has 1 heterocycles. The minimum Gasteiger partial charge on any atom is -0.478 e. The molecule has 3 N–H and O–H groups in total. The molecule has 4 aromatic rings. The lowest BCUT2D eigenvalue weighted by atomic mass is 10.1. The van der Waals surface area contributed by atoms with E-state index in [1.807, 2.05) is 66.1 Å². The van der Waals surface area contributed by atoms with Crippen molar-refractivity contribution in [1.29, 1.82) is 0 Å². The molecule has 34 heavy (non-hydrogen) atoms. The number of thioether (sulfide) groups is 1. The van der Waals surface area contributed by atoms with Gasteiger partial charge in [-0.25, -0.2) is 10.2 Å². The molecule has 0 spiro atoms. The van der Waals surface area contributed by atoms with Gasteiger partial charge in [-0.3, -0.25) is 4.79 Å². The van der Waals surface area contributed by atoms with Gasteiger partial charge in [0.05, 0.1) is 28.2 Å². The van der Waals surface area contributed by atoms with E-state index in [9.17, 15) is 14.7 Å². The van der Waals surface area contributed by atoms with Gasteiger partial charge in [-0.1, -0.05) is 54.1 Å². The van der Waals surface area contributed by atoms with Crippen molar-refractivity contribution >= 4 is 29.9 Å². The van der Waals surface area contributed by atoms with E-state index >= 15 is 0 Å². The number of aryl methyl sites for hydroxylation is 1. The molecule has 0 saturated heterocycles. The van der Waals surface area contributed by atoms with Gasteiger partial charge in [-0.15, -0.1) is 5.10 Å². The average molecular weight is 473 g/mol. The number of benzene rings is 3. The number of hydrogen-bond acceptors (Lipinski definition) is 5. The van der Waals surface area contributed by atoms with E-state index in [-0.39, 0.29) is 17.2 Å². The molecule has 170 valence electrons. The molecule has 0 saturated carbocycles. The van der Waals surface area contributed by atoms with Crippen LogP contribution in [0.1, 0.15) is 21.5 Å². The number of amides is 1. The van der Waals surface area contributed by atoms with Crippen molar-refractivity contribution in [3.05, 3.63) is 95.6 Å². The number of aromatic carboxylic acids is 1. The number of carboxylic acid groups (broad SMARTS) is 1. The van der Waals surface area contributed by atoms with Crippen LogP contribution >= 0.6 is 11.8 Å². The summed E-state index contributed by atoms with van der Waals surface area (Å²) in [7, 11) is 0. The van der Waals surface area contributed by atoms with Crippen LogP contribution in [-0.2, 0) is 4.79 Å². The highest BCUT2D eigenvalue weighted by atomic mass is 32.2. The van der Waals surface area contributed by atoms with Crippen molar-refractivity contribution in [2.24, 2.45) is 5.10 Å². The molecule has 1 aromatic heterocycles. The molecular weight excluding hydrogens is 450 g/mol. The van der Waals surface area contributed by atoms with E-state index in [1.165, 1.54) is 24.0 Å². The van der Waals surface area contributed by atoms with Crippen LogP contribution in [0.5, 0.6) is 0 Å². The standard InChI is InChI=1S/C25H21N5O3S/c1-17-11-13-20(14-12-17)30-23(18-7-3-2-4-8-18)28-29-25(30)34-16-22(31)27-26-15-19-9-5-6-10-21(19)24(32)33/h2-15H,16H2,1H3,(H2,27,31,32,33)/p+1. The summed E-state index contributed by atoms with van der Waals surface area (Å²) in [5, 5.41) is 21.3. The van der Waals surface area contributed by atoms with Gasteiger partial charge in [0, 0.05) is 5.56 Å². The Balaban J connectivity index is 1.50. The first kappa shape index (κ1) is 22.9. The number of aromatic amines is 1. The third-order valence-electron chi connectivity index (χ3n) is 4.93. The van der Waals surface area contributed by atoms with Crippen LogP contribution in [0.25, 0.3) is 17.1 Å². The zero-order chi connectivity index (χ0) is 23.9. The average Bonchev–Trinajstić information content (AvgIpc) is 3.28. The topological polar surface area (TPSA) is 111 Å². The van der Waals surface area contributed by atoms with Crippen LogP contribution in [0.4, 0.5) is 0 Å². The predicted molar refractivity (Wildman–Crippen MR) is 130 cm³/mol. The van der Waals surface area contributed by atoms with Gasteiger partial charge in [0.1, 0.15) is 5.69 Å². The van der Waals surface area contributed by atoms with Crippen LogP contribution in [0.2, 0.25) is 0 Å². The molecule has 4 rings (SSSR count). The summed E-state index contributed by atoms with van der Waals surface area (Å²) < 4.78 is 1.97. The molecule has 1 amide bonds. The van der Waals surface area contributed by atoms with Gasteiger partial charge < -0.3 is 5.11 Å². The number of nitrogens with one attached hydrogen (secondary N) is 2. The van der Waals surface area contributed by atoms with E-state index in [0.717, 1.165) is 22.6 Å². The van der Waals surface area contributed by atoms with Gasteiger partial charge in [0.2, 0.25) is 0 Å². The molecule has 0 aliphatic heterocycles. The first-order valence-corrected chi connectivity index (χ1v) is 11.4. The lowest BCUT2D eigenvalue weighted by Gasteiger charge is -2.05. The van der Waals surface area contributed by atoms with E-state index in [0.29, 0.717) is 10.7 Å². The Morgan fingerprint density at radius 3 is 2.50 bits per heavy atom. The van der Waals surface area contributed by atoms with Gasteiger partial charge in [-0.05, 0) is 49.0 Å². The minimum atomic E-state index is -1.06. The van der Waals surface area contributed by atoms with Crippen molar-refractivity contribution in [1.82, 2.24) is 15.6 Å². The molecule has 0 bridgehead atoms. The van der Waals surface area contributed by atoms with Crippen LogP contribution in [0.3, 0.4) is 0 Å². The number of hydrogen-bond donors (Lipinski definition) is 3. The van der Waals surface area contributed by atoms with Crippen LogP contribution in [-0.4, -0.2) is 39.1 Å². The van der Waals surface area contributed by atoms with Crippen LogP contribution in [0.15, 0.2) is 89.1 Å². The molecule has 0 aliphatic carbocycles. The van der Waals surface area contributed by atoms with E-state index in [4.69, 9.17) is 0 Å². The maximum atomic E-state index is 12.4. The summed E-state index contributed by atoms with van der Waals surface area (Å²) >= 11 is 1.26. The van der Waals surface area contributed by atoms with Crippen molar-refractivity contribution in [3.63, 3.8) is 0 Å². The maximum absolute atomic E-state index is 12.4. The Labute approximate surface area is 200 Å². The van der Waals surface area contributed by atoms with E-state index < -0.39 is 5.97 Å². The molecule has 9 heteroatoms. The number of carbonyl (C=O) groups excluding carboxylic acids is 1. The largest absolute Gasteiger partial charge is 0.478 e. The lowest BCUT2D eigenvalue weighted by molar-refractivity contribution is -0.625. The van der Waals surface area contributed by atoms with Gasteiger partial charge in [0.25, 0.3) is 11.7 Å². The van der Waals surface area contributed by atoms with E-state index in [1.54, 1.807) is 18.2 Å². The van der Waals surface area contributed by atoms with Crippen LogP contribution < -0.4 is 9.99 Å². The number of nitrogens with zero attached hydrogens (tertiary/aromatic N) is 3. The molecule has 3 aromatic carbocycles. The second-order valence-corrected chi connectivity index (χ2v) is 8.31. The predicted octanol–water partition coefficient (Wildman–Crippen LogP) is 3.60. The van der Waals surface area contributed by atoms with E-state index in [2.05, 4.69) is 20.7 Å². The van der Waals surface area contributed by atoms with Gasteiger partial charge in [-0.2, -0.15) is 9.67 Å². The van der Waals surface area contributed by atoms with Crippen molar-refractivity contribution in [2.75, 3.05) is 5.75 Å². The SMILES string of the molecule is Cc1ccc(-[n+]2c(SCC(=O)NN=Cc3ccccc3C(=O)O)n[nH]c2-c2ccccc2)cc1. The second kappa shape index (κ2) is 10.6. The number of rotatable bonds is 8. The maximum Gasteiger partial charge on any atom is 0.342 e. The van der Waals surface area contributed by atoms with Crippen molar-refractivity contribution < 1.29 is 19.3 Å². The quantitative estimate of drug-likeness (QED) is 0.157. The van der Waals surface area contributed by atoms with Crippen molar-refractivity contribution in [2.45, 2.75) is 12.1 Å². The Hall–Kier alpha value is -4.24. The summed E-state index contributed by atoms with van der Waals surface area (Å²) in [4.78, 5) is 23.7.